The molecule has 1 N–H and O–H groups in total. The van der Waals surface area contributed by atoms with Crippen LogP contribution in [-0.2, 0) is 16.1 Å². The summed E-state index contributed by atoms with van der Waals surface area (Å²) < 4.78 is 7.95. The van der Waals surface area contributed by atoms with Crippen LogP contribution in [0.3, 0.4) is 0 Å². The van der Waals surface area contributed by atoms with E-state index in [0.717, 1.165) is 36.8 Å². The Labute approximate surface area is 143 Å². The SMILES string of the molecule is Cc1nc(SCC(=O)N[C@@H](C)C(C)C)n(C[C@H]2CCCO2)c1C. The van der Waals surface area contributed by atoms with Crippen molar-refractivity contribution in [2.75, 3.05) is 12.4 Å². The summed E-state index contributed by atoms with van der Waals surface area (Å²) in [6.07, 6.45) is 2.51. The molecule has 2 rings (SSSR count). The van der Waals surface area contributed by atoms with Gasteiger partial charge < -0.3 is 14.6 Å². The summed E-state index contributed by atoms with van der Waals surface area (Å²) in [5.74, 6) is 0.909. The molecule has 1 fully saturated rings. The molecule has 1 aromatic rings. The van der Waals surface area contributed by atoms with Crippen molar-refractivity contribution in [1.29, 1.82) is 0 Å². The lowest BCUT2D eigenvalue weighted by Crippen LogP contribution is -2.37. The molecule has 1 saturated heterocycles. The normalized spacial score (nSPS) is 19.3. The third kappa shape index (κ3) is 4.98. The Morgan fingerprint density at radius 2 is 2.17 bits per heavy atom. The number of ether oxygens (including phenoxy) is 1. The second-order valence-corrected chi connectivity index (χ2v) is 7.64. The number of thioether (sulfide) groups is 1. The number of aromatic nitrogens is 2. The van der Waals surface area contributed by atoms with Gasteiger partial charge in [-0.2, -0.15) is 0 Å². The number of carbonyl (C=O) groups excluding carboxylic acids is 1. The Morgan fingerprint density at radius 1 is 1.43 bits per heavy atom. The molecule has 5 nitrogen and oxygen atoms in total. The molecule has 1 aliphatic heterocycles. The molecular weight excluding hydrogens is 310 g/mol. The van der Waals surface area contributed by atoms with E-state index in [4.69, 9.17) is 4.74 Å². The third-order valence-corrected chi connectivity index (χ3v) is 5.53. The minimum atomic E-state index is 0.0678. The summed E-state index contributed by atoms with van der Waals surface area (Å²) in [6, 6.07) is 0.193. The van der Waals surface area contributed by atoms with Gasteiger partial charge in [-0.05, 0) is 39.5 Å². The van der Waals surface area contributed by atoms with Crippen LogP contribution in [0, 0.1) is 19.8 Å². The molecule has 0 saturated carbocycles. The Morgan fingerprint density at radius 3 is 2.78 bits per heavy atom. The fourth-order valence-corrected chi connectivity index (χ4v) is 3.45. The molecule has 130 valence electrons. The molecule has 0 unspecified atom stereocenters. The highest BCUT2D eigenvalue weighted by Crippen LogP contribution is 2.24. The second-order valence-electron chi connectivity index (χ2n) is 6.70. The van der Waals surface area contributed by atoms with E-state index in [1.54, 1.807) is 0 Å². The van der Waals surface area contributed by atoms with Gasteiger partial charge in [0.25, 0.3) is 0 Å². The zero-order valence-corrected chi connectivity index (χ0v) is 15.7. The molecule has 1 amide bonds. The number of rotatable bonds is 7. The Kier molecular flexibility index (Phi) is 6.53. The van der Waals surface area contributed by atoms with Crippen molar-refractivity contribution in [3.63, 3.8) is 0 Å². The average Bonchev–Trinajstić information content (AvgIpc) is 3.09. The zero-order valence-electron chi connectivity index (χ0n) is 14.9. The molecular formula is C17H29N3O2S. The first-order chi connectivity index (χ1) is 10.9. The van der Waals surface area contributed by atoms with Gasteiger partial charge in [-0.3, -0.25) is 4.79 Å². The Bertz CT molecular complexity index is 536. The van der Waals surface area contributed by atoms with Crippen molar-refractivity contribution in [2.24, 2.45) is 5.92 Å². The maximum atomic E-state index is 12.1. The van der Waals surface area contributed by atoms with E-state index < -0.39 is 0 Å². The maximum Gasteiger partial charge on any atom is 0.230 e. The summed E-state index contributed by atoms with van der Waals surface area (Å²) in [5, 5.41) is 3.96. The van der Waals surface area contributed by atoms with Gasteiger partial charge in [0.1, 0.15) is 0 Å². The van der Waals surface area contributed by atoms with Crippen LogP contribution in [0.25, 0.3) is 0 Å². The Hall–Kier alpha value is -1.01. The highest BCUT2D eigenvalue weighted by atomic mass is 32.2. The summed E-state index contributed by atoms with van der Waals surface area (Å²) in [4.78, 5) is 16.7. The van der Waals surface area contributed by atoms with Crippen molar-refractivity contribution in [2.45, 2.75) is 71.3 Å². The van der Waals surface area contributed by atoms with Gasteiger partial charge in [0.15, 0.2) is 5.16 Å². The smallest absolute Gasteiger partial charge is 0.230 e. The topological polar surface area (TPSA) is 56.2 Å². The monoisotopic (exact) mass is 339 g/mol. The number of nitrogens with zero attached hydrogens (tertiary/aromatic N) is 2. The first-order valence-electron chi connectivity index (χ1n) is 8.46. The van der Waals surface area contributed by atoms with Crippen LogP contribution in [0.1, 0.15) is 45.0 Å². The fraction of sp³-hybridized carbons (Fsp3) is 0.765. The van der Waals surface area contributed by atoms with Crippen molar-refractivity contribution in [3.05, 3.63) is 11.4 Å². The highest BCUT2D eigenvalue weighted by molar-refractivity contribution is 7.99. The van der Waals surface area contributed by atoms with E-state index in [1.165, 1.54) is 17.5 Å². The van der Waals surface area contributed by atoms with E-state index in [0.29, 0.717) is 11.7 Å². The molecule has 2 heterocycles. The van der Waals surface area contributed by atoms with Gasteiger partial charge >= 0.3 is 0 Å². The summed E-state index contributed by atoms with van der Waals surface area (Å²) in [6.45, 7) is 12.1. The lowest BCUT2D eigenvalue weighted by molar-refractivity contribution is -0.119. The molecule has 6 heteroatoms. The molecule has 0 aliphatic carbocycles. The molecule has 0 radical (unpaired) electrons. The third-order valence-electron chi connectivity index (χ3n) is 4.55. The standard InChI is InChI=1S/C17H29N3O2S/c1-11(2)12(3)18-16(21)10-23-17-19-13(4)14(5)20(17)9-15-7-6-8-22-15/h11-12,15H,6-10H2,1-5H3,(H,18,21)/t12-,15+/m0/s1. The Balaban J connectivity index is 1.96. The van der Waals surface area contributed by atoms with Gasteiger partial charge in [0.05, 0.1) is 24.1 Å². The lowest BCUT2D eigenvalue weighted by Gasteiger charge is -2.17. The molecule has 0 spiro atoms. The van der Waals surface area contributed by atoms with Crippen molar-refractivity contribution < 1.29 is 9.53 Å². The summed E-state index contributed by atoms with van der Waals surface area (Å²) in [5.41, 5.74) is 2.19. The molecule has 2 atom stereocenters. The highest BCUT2D eigenvalue weighted by Gasteiger charge is 2.21. The van der Waals surface area contributed by atoms with E-state index >= 15 is 0 Å². The van der Waals surface area contributed by atoms with Gasteiger partial charge in [-0.15, -0.1) is 0 Å². The number of hydrogen-bond donors (Lipinski definition) is 1. The molecule has 1 aromatic heterocycles. The first-order valence-corrected chi connectivity index (χ1v) is 9.44. The number of nitrogens with one attached hydrogen (secondary N) is 1. The molecule has 0 aromatic carbocycles. The number of amides is 1. The molecule has 23 heavy (non-hydrogen) atoms. The van der Waals surface area contributed by atoms with Crippen molar-refractivity contribution >= 4 is 17.7 Å². The predicted molar refractivity (Wildman–Crippen MR) is 93.8 cm³/mol. The van der Waals surface area contributed by atoms with Crippen LogP contribution in [0.4, 0.5) is 0 Å². The van der Waals surface area contributed by atoms with E-state index in [1.807, 2.05) is 13.8 Å². The molecule has 0 bridgehead atoms. The number of aryl methyl sites for hydroxylation is 1. The predicted octanol–water partition coefficient (Wildman–Crippen LogP) is 2.93. The average molecular weight is 340 g/mol. The van der Waals surface area contributed by atoms with Gasteiger partial charge in [0.2, 0.25) is 5.91 Å². The van der Waals surface area contributed by atoms with Crippen molar-refractivity contribution in [1.82, 2.24) is 14.9 Å². The van der Waals surface area contributed by atoms with Gasteiger partial charge in [-0.25, -0.2) is 4.98 Å². The minimum Gasteiger partial charge on any atom is -0.376 e. The van der Waals surface area contributed by atoms with E-state index in [-0.39, 0.29) is 18.1 Å². The number of hydrogen-bond acceptors (Lipinski definition) is 4. The summed E-state index contributed by atoms with van der Waals surface area (Å²) >= 11 is 1.51. The van der Waals surface area contributed by atoms with Crippen LogP contribution in [0.15, 0.2) is 5.16 Å². The van der Waals surface area contributed by atoms with Gasteiger partial charge in [0, 0.05) is 18.3 Å². The van der Waals surface area contributed by atoms with E-state index in [2.05, 4.69) is 35.6 Å². The quantitative estimate of drug-likeness (QED) is 0.776. The number of carbonyl (C=O) groups is 1. The molecule has 1 aliphatic rings. The minimum absolute atomic E-state index is 0.0678. The van der Waals surface area contributed by atoms with Crippen LogP contribution in [0.2, 0.25) is 0 Å². The second kappa shape index (κ2) is 8.20. The maximum absolute atomic E-state index is 12.1. The zero-order chi connectivity index (χ0) is 17.0. The summed E-state index contributed by atoms with van der Waals surface area (Å²) in [7, 11) is 0. The van der Waals surface area contributed by atoms with Crippen LogP contribution in [0.5, 0.6) is 0 Å². The number of imidazole rings is 1. The van der Waals surface area contributed by atoms with Crippen LogP contribution >= 0.6 is 11.8 Å². The first kappa shape index (κ1) is 18.3. The van der Waals surface area contributed by atoms with Crippen LogP contribution in [-0.4, -0.2) is 40.0 Å². The van der Waals surface area contributed by atoms with Gasteiger partial charge in [-0.1, -0.05) is 25.6 Å². The van der Waals surface area contributed by atoms with E-state index in [9.17, 15) is 4.79 Å². The lowest BCUT2D eigenvalue weighted by atomic mass is 10.1. The fourth-order valence-electron chi connectivity index (χ4n) is 2.53. The largest absolute Gasteiger partial charge is 0.376 e. The van der Waals surface area contributed by atoms with Crippen LogP contribution < -0.4 is 5.32 Å². The van der Waals surface area contributed by atoms with Crippen molar-refractivity contribution in [3.8, 4) is 0 Å².